The van der Waals surface area contributed by atoms with E-state index in [0.29, 0.717) is 11.5 Å². The van der Waals surface area contributed by atoms with Crippen molar-refractivity contribution in [1.29, 1.82) is 0 Å². The molecule has 0 aromatic carbocycles. The number of nitrogens with one attached hydrogen (secondary N) is 1. The third kappa shape index (κ3) is 4.07. The van der Waals surface area contributed by atoms with Crippen molar-refractivity contribution in [1.82, 2.24) is 4.72 Å². The maximum Gasteiger partial charge on any atom is 0.229 e. The Hall–Kier alpha value is -0.970. The van der Waals surface area contributed by atoms with E-state index in [4.69, 9.17) is 4.74 Å². The highest BCUT2D eigenvalue weighted by molar-refractivity contribution is 7.88. The number of rotatable bonds is 3. The third-order valence-corrected chi connectivity index (χ3v) is 3.16. The first-order valence-corrected chi connectivity index (χ1v) is 7.33. The summed E-state index contributed by atoms with van der Waals surface area (Å²) in [5.41, 5.74) is 1.69. The predicted octanol–water partition coefficient (Wildman–Crippen LogP) is 1.97. The summed E-state index contributed by atoms with van der Waals surface area (Å²) in [5, 5.41) is 0. The van der Waals surface area contributed by atoms with E-state index in [1.165, 1.54) is 12.7 Å². The largest absolute Gasteiger partial charge is 0.499 e. The summed E-state index contributed by atoms with van der Waals surface area (Å²) < 4.78 is 30.2. The first-order valence-electron chi connectivity index (χ1n) is 5.44. The quantitative estimate of drug-likeness (QED) is 0.842. The molecule has 1 N–H and O–H groups in total. The lowest BCUT2D eigenvalue weighted by Crippen LogP contribution is -2.25. The van der Waals surface area contributed by atoms with Crippen LogP contribution in [0.1, 0.15) is 27.2 Å². The molecule has 0 aliphatic heterocycles. The molecule has 0 saturated heterocycles. The molecule has 0 spiro atoms. The van der Waals surface area contributed by atoms with Crippen LogP contribution in [0, 0.1) is 11.8 Å². The van der Waals surface area contributed by atoms with Crippen LogP contribution in [0.25, 0.3) is 0 Å². The Balaban J connectivity index is 3.11. The molecule has 0 atom stereocenters. The Morgan fingerprint density at radius 3 is 2.35 bits per heavy atom. The molecule has 5 heteroatoms. The number of sulfonamides is 1. The normalized spacial score (nSPS) is 17.8. The first-order chi connectivity index (χ1) is 7.63. The lowest BCUT2D eigenvalue weighted by molar-refractivity contribution is 0.289. The van der Waals surface area contributed by atoms with Gasteiger partial charge in [-0.25, -0.2) is 8.42 Å². The highest BCUT2D eigenvalue weighted by atomic mass is 32.2. The van der Waals surface area contributed by atoms with Gasteiger partial charge in [-0.15, -0.1) is 0 Å². The minimum atomic E-state index is -3.29. The van der Waals surface area contributed by atoms with E-state index in [1.54, 1.807) is 0 Å². The molecule has 1 aliphatic rings. The maximum absolute atomic E-state index is 11.3. The Morgan fingerprint density at radius 1 is 1.35 bits per heavy atom. The minimum absolute atomic E-state index is 0.0141. The van der Waals surface area contributed by atoms with Crippen LogP contribution < -0.4 is 4.72 Å². The average Bonchev–Trinajstić information content (AvgIpc) is 2.13. The molecule has 4 nitrogen and oxygen atoms in total. The summed E-state index contributed by atoms with van der Waals surface area (Å²) in [6.07, 6.45) is 5.67. The van der Waals surface area contributed by atoms with E-state index < -0.39 is 10.0 Å². The number of hydrogen-bond acceptors (Lipinski definition) is 3. The Labute approximate surface area is 104 Å². The van der Waals surface area contributed by atoms with Gasteiger partial charge in [-0.2, -0.15) is 0 Å². The zero-order chi connectivity index (χ0) is 13.3. The molecule has 0 heterocycles. The molecule has 1 radical (unpaired) electrons. The van der Waals surface area contributed by atoms with E-state index >= 15 is 0 Å². The van der Waals surface area contributed by atoms with Crippen LogP contribution in [0.3, 0.4) is 0 Å². The Morgan fingerprint density at radius 2 is 1.94 bits per heavy atom. The van der Waals surface area contributed by atoms with Crippen LogP contribution in [0.15, 0.2) is 23.1 Å². The average molecular weight is 258 g/mol. The van der Waals surface area contributed by atoms with Gasteiger partial charge in [0, 0.05) is 6.42 Å². The molecule has 17 heavy (non-hydrogen) atoms. The molecule has 1 aliphatic carbocycles. The zero-order valence-corrected chi connectivity index (χ0v) is 11.8. The van der Waals surface area contributed by atoms with Crippen molar-refractivity contribution in [2.75, 3.05) is 13.4 Å². The molecule has 0 fully saturated rings. The van der Waals surface area contributed by atoms with Crippen molar-refractivity contribution in [3.05, 3.63) is 29.5 Å². The second-order valence-electron chi connectivity index (χ2n) is 5.18. The van der Waals surface area contributed by atoms with E-state index in [0.717, 1.165) is 12.7 Å². The van der Waals surface area contributed by atoms with E-state index in [9.17, 15) is 8.42 Å². The molecule has 97 valence electrons. The van der Waals surface area contributed by atoms with Gasteiger partial charge in [0.1, 0.15) is 5.76 Å². The van der Waals surface area contributed by atoms with Gasteiger partial charge in [0.25, 0.3) is 0 Å². The fourth-order valence-corrected chi connectivity index (χ4v) is 2.17. The standard InChI is InChI=1S/C12H20NO3S/c1-12(2,3)9-6-7-11(16-4)10(8-9)13-17(5,14)15/h7-8,13H,6H2,1-5H3. The van der Waals surface area contributed by atoms with Crippen molar-refractivity contribution in [2.45, 2.75) is 27.2 Å². The minimum Gasteiger partial charge on any atom is -0.499 e. The fourth-order valence-electron chi connectivity index (χ4n) is 1.61. The van der Waals surface area contributed by atoms with Gasteiger partial charge < -0.3 is 4.74 Å². The van der Waals surface area contributed by atoms with E-state index in [-0.39, 0.29) is 5.41 Å². The second kappa shape index (κ2) is 4.72. The number of hydrogen-bond donors (Lipinski definition) is 1. The SMILES string of the molecule is COC1=C(NS(C)(=O)=O)C=C(C(C)(C)C)C[CH]1. The van der Waals surface area contributed by atoms with E-state index in [1.807, 2.05) is 12.5 Å². The van der Waals surface area contributed by atoms with Gasteiger partial charge in [0.15, 0.2) is 0 Å². The van der Waals surface area contributed by atoms with Gasteiger partial charge in [0.05, 0.1) is 19.1 Å². The summed E-state index contributed by atoms with van der Waals surface area (Å²) in [6.45, 7) is 6.30. The van der Waals surface area contributed by atoms with Gasteiger partial charge >= 0.3 is 0 Å². The lowest BCUT2D eigenvalue weighted by Gasteiger charge is -2.27. The van der Waals surface area contributed by atoms with Crippen molar-refractivity contribution in [3.8, 4) is 0 Å². The zero-order valence-electron chi connectivity index (χ0n) is 11.0. The molecule has 0 amide bonds. The first kappa shape index (κ1) is 14.1. The molecular weight excluding hydrogens is 238 g/mol. The van der Waals surface area contributed by atoms with Gasteiger partial charge in [-0.05, 0) is 17.9 Å². The van der Waals surface area contributed by atoms with Gasteiger partial charge in [-0.3, -0.25) is 4.72 Å². The van der Waals surface area contributed by atoms with Gasteiger partial charge in [0.2, 0.25) is 10.0 Å². The number of ether oxygens (including phenoxy) is 1. The van der Waals surface area contributed by atoms with Crippen LogP contribution in [-0.4, -0.2) is 21.8 Å². The van der Waals surface area contributed by atoms with Crippen LogP contribution in [-0.2, 0) is 14.8 Å². The van der Waals surface area contributed by atoms with Crippen LogP contribution in [0.2, 0.25) is 0 Å². The van der Waals surface area contributed by atoms with Crippen molar-refractivity contribution in [3.63, 3.8) is 0 Å². The Kier molecular flexibility index (Phi) is 3.91. The van der Waals surface area contributed by atoms with Crippen LogP contribution >= 0.6 is 0 Å². The van der Waals surface area contributed by atoms with E-state index in [2.05, 4.69) is 25.5 Å². The van der Waals surface area contributed by atoms with Crippen LogP contribution in [0.4, 0.5) is 0 Å². The summed E-state index contributed by atoms with van der Waals surface area (Å²) in [6, 6.07) is 0. The van der Waals surface area contributed by atoms with Crippen molar-refractivity contribution >= 4 is 10.0 Å². The lowest BCUT2D eigenvalue weighted by atomic mass is 9.81. The number of allylic oxidation sites excluding steroid dienone is 3. The summed E-state index contributed by atoms with van der Waals surface area (Å²) >= 11 is 0. The summed E-state index contributed by atoms with van der Waals surface area (Å²) in [5.74, 6) is 0.573. The second-order valence-corrected chi connectivity index (χ2v) is 6.93. The fraction of sp³-hybridized carbons (Fsp3) is 0.583. The molecule has 0 bridgehead atoms. The summed E-state index contributed by atoms with van der Waals surface area (Å²) in [4.78, 5) is 0. The highest BCUT2D eigenvalue weighted by Crippen LogP contribution is 2.34. The van der Waals surface area contributed by atoms with Gasteiger partial charge in [-0.1, -0.05) is 26.3 Å². The third-order valence-electron chi connectivity index (χ3n) is 2.57. The molecular formula is C12H20NO3S. The molecule has 0 aromatic rings. The van der Waals surface area contributed by atoms with Crippen LogP contribution in [0.5, 0.6) is 0 Å². The molecule has 0 unspecified atom stereocenters. The topological polar surface area (TPSA) is 55.4 Å². The highest BCUT2D eigenvalue weighted by Gasteiger charge is 2.24. The Bertz CT molecular complexity index is 453. The predicted molar refractivity (Wildman–Crippen MR) is 68.5 cm³/mol. The molecule has 0 saturated carbocycles. The monoisotopic (exact) mass is 258 g/mol. The smallest absolute Gasteiger partial charge is 0.229 e. The van der Waals surface area contributed by atoms with Crippen molar-refractivity contribution < 1.29 is 13.2 Å². The summed E-state index contributed by atoms with van der Waals surface area (Å²) in [7, 11) is -1.75. The number of methoxy groups -OCH3 is 1. The van der Waals surface area contributed by atoms with Crippen molar-refractivity contribution in [2.24, 2.45) is 5.41 Å². The maximum atomic E-state index is 11.3. The molecule has 1 rings (SSSR count). The molecule has 0 aromatic heterocycles.